The summed E-state index contributed by atoms with van der Waals surface area (Å²) < 4.78 is 0. The molecule has 0 unspecified atom stereocenters. The van der Waals surface area contributed by atoms with Crippen molar-refractivity contribution in [3.8, 4) is 5.75 Å². The average molecular weight is 335 g/mol. The standard InChI is InChI=1S/C16H12Cl2N2O2/c17-12-9-13(15(21)14(18)10-12)16(22)20-19-8-4-7-11-5-2-1-3-6-11/h1-10,21H,(H,20,22)/b7-4+,19-8-. The van der Waals surface area contributed by atoms with Crippen molar-refractivity contribution < 1.29 is 9.90 Å². The number of phenolic OH excluding ortho intramolecular Hbond substituents is 1. The van der Waals surface area contributed by atoms with Crippen molar-refractivity contribution in [2.75, 3.05) is 0 Å². The number of amides is 1. The van der Waals surface area contributed by atoms with Crippen LogP contribution in [0.1, 0.15) is 15.9 Å². The molecular formula is C16H12Cl2N2O2. The number of benzene rings is 2. The Morgan fingerprint density at radius 1 is 1.18 bits per heavy atom. The Morgan fingerprint density at radius 2 is 1.91 bits per heavy atom. The van der Waals surface area contributed by atoms with E-state index in [4.69, 9.17) is 23.2 Å². The first-order valence-corrected chi connectivity index (χ1v) is 7.06. The zero-order chi connectivity index (χ0) is 15.9. The number of hydrazone groups is 1. The van der Waals surface area contributed by atoms with Gasteiger partial charge in [0, 0.05) is 11.2 Å². The number of hydrogen-bond acceptors (Lipinski definition) is 3. The summed E-state index contributed by atoms with van der Waals surface area (Å²) in [7, 11) is 0. The van der Waals surface area contributed by atoms with Crippen molar-refractivity contribution in [1.82, 2.24) is 5.43 Å². The minimum atomic E-state index is -0.605. The number of allylic oxidation sites excluding steroid dienone is 1. The molecule has 112 valence electrons. The molecule has 2 aromatic carbocycles. The van der Waals surface area contributed by atoms with Crippen LogP contribution in [0.5, 0.6) is 5.75 Å². The highest BCUT2D eigenvalue weighted by Crippen LogP contribution is 2.30. The van der Waals surface area contributed by atoms with Crippen LogP contribution >= 0.6 is 23.2 Å². The minimum Gasteiger partial charge on any atom is -0.506 e. The maximum Gasteiger partial charge on any atom is 0.275 e. The van der Waals surface area contributed by atoms with E-state index in [1.54, 1.807) is 6.08 Å². The molecule has 1 amide bonds. The third-order valence-corrected chi connectivity index (χ3v) is 3.19. The van der Waals surface area contributed by atoms with Crippen LogP contribution < -0.4 is 5.43 Å². The van der Waals surface area contributed by atoms with E-state index in [0.717, 1.165) is 5.56 Å². The number of hydrogen-bond donors (Lipinski definition) is 2. The third kappa shape index (κ3) is 4.35. The Balaban J connectivity index is 1.98. The van der Waals surface area contributed by atoms with Crippen LogP contribution in [0.2, 0.25) is 10.0 Å². The summed E-state index contributed by atoms with van der Waals surface area (Å²) >= 11 is 11.5. The second kappa shape index (κ2) is 7.64. The average Bonchev–Trinajstić information content (AvgIpc) is 2.51. The van der Waals surface area contributed by atoms with Gasteiger partial charge in [0.2, 0.25) is 0 Å². The highest BCUT2D eigenvalue weighted by molar-refractivity contribution is 6.36. The fraction of sp³-hybridized carbons (Fsp3) is 0. The summed E-state index contributed by atoms with van der Waals surface area (Å²) in [6, 6.07) is 12.3. The number of halogens is 2. The number of phenols is 1. The van der Waals surface area contributed by atoms with E-state index in [0.29, 0.717) is 0 Å². The smallest absolute Gasteiger partial charge is 0.275 e. The topological polar surface area (TPSA) is 61.7 Å². The molecule has 6 heteroatoms. The molecule has 4 nitrogen and oxygen atoms in total. The molecule has 0 aliphatic rings. The van der Waals surface area contributed by atoms with E-state index in [1.165, 1.54) is 18.3 Å². The number of rotatable bonds is 4. The molecule has 0 radical (unpaired) electrons. The lowest BCUT2D eigenvalue weighted by Gasteiger charge is -2.05. The monoisotopic (exact) mass is 334 g/mol. The van der Waals surface area contributed by atoms with Crippen LogP contribution in [0.25, 0.3) is 6.08 Å². The molecule has 0 heterocycles. The van der Waals surface area contributed by atoms with Gasteiger partial charge >= 0.3 is 0 Å². The molecule has 0 aromatic heterocycles. The number of nitrogens with zero attached hydrogens (tertiary/aromatic N) is 1. The van der Waals surface area contributed by atoms with Gasteiger partial charge < -0.3 is 5.11 Å². The molecule has 2 N–H and O–H groups in total. The predicted octanol–water partition coefficient (Wildman–Crippen LogP) is 4.13. The Kier molecular flexibility index (Phi) is 5.58. The predicted molar refractivity (Wildman–Crippen MR) is 89.6 cm³/mol. The summed E-state index contributed by atoms with van der Waals surface area (Å²) in [5.41, 5.74) is 3.26. The van der Waals surface area contributed by atoms with E-state index in [9.17, 15) is 9.90 Å². The van der Waals surface area contributed by atoms with Gasteiger partial charge in [0.1, 0.15) is 5.75 Å². The SMILES string of the molecule is O=C(N/N=C\C=C\c1ccccc1)c1cc(Cl)cc(Cl)c1O. The van der Waals surface area contributed by atoms with Gasteiger partial charge in [0.15, 0.2) is 0 Å². The van der Waals surface area contributed by atoms with Crippen LogP contribution in [0, 0.1) is 0 Å². The van der Waals surface area contributed by atoms with E-state index < -0.39 is 5.91 Å². The van der Waals surface area contributed by atoms with Crippen LogP contribution in [-0.2, 0) is 0 Å². The first-order valence-electron chi connectivity index (χ1n) is 6.31. The summed E-state index contributed by atoms with van der Waals surface area (Å²) in [6.45, 7) is 0. The number of carbonyl (C=O) groups excluding carboxylic acids is 1. The fourth-order valence-electron chi connectivity index (χ4n) is 1.66. The zero-order valence-electron chi connectivity index (χ0n) is 11.3. The third-order valence-electron chi connectivity index (χ3n) is 2.69. The van der Waals surface area contributed by atoms with Gasteiger partial charge in [0.05, 0.1) is 10.6 Å². The summed E-state index contributed by atoms with van der Waals surface area (Å²) in [4.78, 5) is 11.9. The first-order chi connectivity index (χ1) is 10.6. The lowest BCUT2D eigenvalue weighted by Crippen LogP contribution is -2.17. The zero-order valence-corrected chi connectivity index (χ0v) is 12.8. The molecular weight excluding hydrogens is 323 g/mol. The second-order valence-corrected chi connectivity index (χ2v) is 5.12. The molecule has 0 saturated heterocycles. The molecule has 0 spiro atoms. The van der Waals surface area contributed by atoms with Crippen LogP contribution in [0.3, 0.4) is 0 Å². The summed E-state index contributed by atoms with van der Waals surface area (Å²) in [5, 5.41) is 13.7. The van der Waals surface area contributed by atoms with Gasteiger partial charge in [0.25, 0.3) is 5.91 Å². The largest absolute Gasteiger partial charge is 0.506 e. The Morgan fingerprint density at radius 3 is 2.64 bits per heavy atom. The first kappa shape index (κ1) is 16.1. The van der Waals surface area contributed by atoms with E-state index in [-0.39, 0.29) is 21.4 Å². The van der Waals surface area contributed by atoms with Crippen molar-refractivity contribution >= 4 is 41.4 Å². The molecule has 0 aliphatic carbocycles. The Labute approximate surface area is 137 Å². The van der Waals surface area contributed by atoms with Gasteiger partial charge in [-0.25, -0.2) is 5.43 Å². The van der Waals surface area contributed by atoms with Crippen molar-refractivity contribution in [1.29, 1.82) is 0 Å². The molecule has 22 heavy (non-hydrogen) atoms. The van der Waals surface area contributed by atoms with Gasteiger partial charge in [-0.15, -0.1) is 0 Å². The highest BCUT2D eigenvalue weighted by atomic mass is 35.5. The molecule has 0 atom stereocenters. The lowest BCUT2D eigenvalue weighted by molar-refractivity contribution is 0.0952. The highest BCUT2D eigenvalue weighted by Gasteiger charge is 2.14. The molecule has 2 rings (SSSR count). The maximum absolute atomic E-state index is 11.9. The van der Waals surface area contributed by atoms with Crippen molar-refractivity contribution in [3.63, 3.8) is 0 Å². The van der Waals surface area contributed by atoms with Crippen LogP contribution in [0.15, 0.2) is 53.6 Å². The molecule has 0 fully saturated rings. The Bertz CT molecular complexity index is 728. The van der Waals surface area contributed by atoms with Crippen molar-refractivity contribution in [2.24, 2.45) is 5.10 Å². The summed E-state index contributed by atoms with van der Waals surface area (Å²) in [5.74, 6) is -0.940. The fourth-order valence-corrected chi connectivity index (χ4v) is 2.15. The lowest BCUT2D eigenvalue weighted by atomic mass is 10.2. The number of nitrogens with one attached hydrogen (secondary N) is 1. The van der Waals surface area contributed by atoms with Crippen molar-refractivity contribution in [2.45, 2.75) is 0 Å². The van der Waals surface area contributed by atoms with Gasteiger partial charge in [-0.3, -0.25) is 4.79 Å². The van der Waals surface area contributed by atoms with Crippen LogP contribution in [0.4, 0.5) is 0 Å². The van der Waals surface area contributed by atoms with E-state index in [1.807, 2.05) is 36.4 Å². The van der Waals surface area contributed by atoms with Crippen molar-refractivity contribution in [3.05, 3.63) is 69.7 Å². The summed E-state index contributed by atoms with van der Waals surface area (Å²) in [6.07, 6.45) is 4.94. The minimum absolute atomic E-state index is 0.00519. The van der Waals surface area contributed by atoms with E-state index in [2.05, 4.69) is 10.5 Å². The van der Waals surface area contributed by atoms with Gasteiger partial charge in [-0.05, 0) is 23.8 Å². The molecule has 0 bridgehead atoms. The Hall–Kier alpha value is -2.30. The second-order valence-electron chi connectivity index (χ2n) is 4.27. The van der Waals surface area contributed by atoms with Crippen LogP contribution in [-0.4, -0.2) is 17.2 Å². The maximum atomic E-state index is 11.9. The van der Waals surface area contributed by atoms with Gasteiger partial charge in [-0.1, -0.05) is 59.6 Å². The molecule has 2 aromatic rings. The quantitative estimate of drug-likeness (QED) is 0.652. The van der Waals surface area contributed by atoms with E-state index >= 15 is 0 Å². The normalized spacial score (nSPS) is 11.2. The number of carbonyl (C=O) groups is 1. The molecule has 0 aliphatic heterocycles. The number of aromatic hydroxyl groups is 1. The van der Waals surface area contributed by atoms with Gasteiger partial charge in [-0.2, -0.15) is 5.10 Å². The molecule has 0 saturated carbocycles.